The number of aliphatic hydroxyl groups is 1. The molecule has 1 saturated heterocycles. The van der Waals surface area contributed by atoms with E-state index in [1.807, 2.05) is 0 Å². The monoisotopic (exact) mass is 229 g/mol. The number of hydrogen-bond acceptors (Lipinski definition) is 6. The SMILES string of the molecule is Nc1ccn([C@@H]2O[C@H](S)C[C@H]2O)c(=O)n1. The van der Waals surface area contributed by atoms with Crippen LogP contribution in [0.4, 0.5) is 5.82 Å². The van der Waals surface area contributed by atoms with Gasteiger partial charge in [0, 0.05) is 12.6 Å². The van der Waals surface area contributed by atoms with Crippen LogP contribution in [0.1, 0.15) is 12.6 Å². The summed E-state index contributed by atoms with van der Waals surface area (Å²) in [7, 11) is 0. The maximum atomic E-state index is 11.4. The molecule has 2 rings (SSSR count). The number of rotatable bonds is 1. The van der Waals surface area contributed by atoms with Crippen molar-refractivity contribution >= 4 is 18.4 Å². The molecular formula is C8H11N3O3S. The van der Waals surface area contributed by atoms with Crippen LogP contribution < -0.4 is 11.4 Å². The maximum absolute atomic E-state index is 11.4. The van der Waals surface area contributed by atoms with Crippen molar-refractivity contribution in [3.05, 3.63) is 22.7 Å². The van der Waals surface area contributed by atoms with Gasteiger partial charge in [-0.2, -0.15) is 4.98 Å². The van der Waals surface area contributed by atoms with Crippen LogP contribution in [0.15, 0.2) is 17.1 Å². The van der Waals surface area contributed by atoms with E-state index in [9.17, 15) is 9.90 Å². The van der Waals surface area contributed by atoms with Crippen molar-refractivity contribution in [3.8, 4) is 0 Å². The van der Waals surface area contributed by atoms with Crippen molar-refractivity contribution in [2.24, 2.45) is 0 Å². The molecule has 0 amide bonds. The fourth-order valence-electron chi connectivity index (χ4n) is 1.50. The van der Waals surface area contributed by atoms with E-state index in [-0.39, 0.29) is 11.3 Å². The molecule has 1 aromatic rings. The molecule has 0 aromatic carbocycles. The third-order valence-electron chi connectivity index (χ3n) is 2.19. The Hall–Kier alpha value is -1.05. The zero-order valence-corrected chi connectivity index (χ0v) is 8.67. The molecule has 0 spiro atoms. The van der Waals surface area contributed by atoms with Crippen LogP contribution in [0.2, 0.25) is 0 Å². The Bertz CT molecular complexity index is 422. The Morgan fingerprint density at radius 1 is 1.73 bits per heavy atom. The van der Waals surface area contributed by atoms with E-state index in [1.165, 1.54) is 16.8 Å². The predicted molar refractivity (Wildman–Crippen MR) is 56.4 cm³/mol. The van der Waals surface area contributed by atoms with Gasteiger partial charge in [-0.25, -0.2) is 4.79 Å². The van der Waals surface area contributed by atoms with Crippen molar-refractivity contribution in [1.82, 2.24) is 9.55 Å². The van der Waals surface area contributed by atoms with Gasteiger partial charge in [0.05, 0.1) is 0 Å². The largest absolute Gasteiger partial charge is 0.388 e. The molecule has 1 aliphatic rings. The van der Waals surface area contributed by atoms with Crippen LogP contribution in [0.25, 0.3) is 0 Å². The van der Waals surface area contributed by atoms with E-state index in [4.69, 9.17) is 10.5 Å². The van der Waals surface area contributed by atoms with E-state index in [0.29, 0.717) is 6.42 Å². The van der Waals surface area contributed by atoms with E-state index in [2.05, 4.69) is 17.6 Å². The second-order valence-corrected chi connectivity index (χ2v) is 3.90. The van der Waals surface area contributed by atoms with Crippen LogP contribution >= 0.6 is 12.6 Å². The van der Waals surface area contributed by atoms with Gasteiger partial charge >= 0.3 is 5.69 Å². The molecule has 3 N–H and O–H groups in total. The van der Waals surface area contributed by atoms with Crippen LogP contribution in [0.3, 0.4) is 0 Å². The van der Waals surface area contributed by atoms with Crippen molar-refractivity contribution < 1.29 is 9.84 Å². The van der Waals surface area contributed by atoms with Gasteiger partial charge in [0.25, 0.3) is 0 Å². The first-order valence-electron chi connectivity index (χ1n) is 4.44. The Kier molecular flexibility index (Phi) is 2.68. The number of nitrogens with two attached hydrogens (primary N) is 1. The minimum Gasteiger partial charge on any atom is -0.388 e. The average Bonchev–Trinajstić information content (AvgIpc) is 2.45. The fraction of sp³-hybridized carbons (Fsp3) is 0.500. The van der Waals surface area contributed by atoms with Crippen molar-refractivity contribution in [2.45, 2.75) is 24.2 Å². The summed E-state index contributed by atoms with van der Waals surface area (Å²) < 4.78 is 6.48. The zero-order chi connectivity index (χ0) is 11.0. The molecule has 0 saturated carbocycles. The molecule has 1 aliphatic heterocycles. The van der Waals surface area contributed by atoms with E-state index in [1.54, 1.807) is 0 Å². The minimum atomic E-state index is -0.754. The van der Waals surface area contributed by atoms with Crippen LogP contribution in [-0.4, -0.2) is 26.2 Å². The third-order valence-corrected chi connectivity index (χ3v) is 2.53. The standard InChI is InChI=1S/C8H11N3O3S/c9-5-1-2-11(8(13)10-5)7-4(12)3-6(15)14-7/h1-2,4,6-7,12,15H,3H2,(H2,9,10,13)/t4-,6-,7-/m1/s1. The lowest BCUT2D eigenvalue weighted by atomic mass is 10.3. The lowest BCUT2D eigenvalue weighted by molar-refractivity contribution is -0.0187. The molecule has 1 fully saturated rings. The molecule has 0 bridgehead atoms. The first-order valence-corrected chi connectivity index (χ1v) is 4.96. The fourth-order valence-corrected chi connectivity index (χ4v) is 1.84. The topological polar surface area (TPSA) is 90.4 Å². The number of thiol groups is 1. The number of hydrogen-bond donors (Lipinski definition) is 3. The van der Waals surface area contributed by atoms with Crippen LogP contribution in [-0.2, 0) is 4.74 Å². The van der Waals surface area contributed by atoms with E-state index in [0.717, 1.165) is 0 Å². The van der Waals surface area contributed by atoms with Gasteiger partial charge in [0.1, 0.15) is 17.4 Å². The first-order chi connectivity index (χ1) is 7.08. The number of anilines is 1. The molecule has 3 atom stereocenters. The summed E-state index contributed by atoms with van der Waals surface area (Å²) in [6, 6.07) is 1.48. The summed E-state index contributed by atoms with van der Waals surface area (Å²) in [4.78, 5) is 15.0. The molecule has 82 valence electrons. The van der Waals surface area contributed by atoms with E-state index >= 15 is 0 Å². The highest BCUT2D eigenvalue weighted by molar-refractivity contribution is 7.80. The lowest BCUT2D eigenvalue weighted by Gasteiger charge is -2.16. The molecule has 1 aromatic heterocycles. The number of aromatic nitrogens is 2. The summed E-state index contributed by atoms with van der Waals surface area (Å²) in [6.07, 6.45) is 0.346. The van der Waals surface area contributed by atoms with Gasteiger partial charge in [0.2, 0.25) is 0 Å². The second-order valence-electron chi connectivity index (χ2n) is 3.33. The maximum Gasteiger partial charge on any atom is 0.351 e. The summed E-state index contributed by atoms with van der Waals surface area (Å²) in [6.45, 7) is 0. The highest BCUT2D eigenvalue weighted by Gasteiger charge is 2.33. The number of ether oxygens (including phenoxy) is 1. The van der Waals surface area contributed by atoms with Crippen LogP contribution in [0, 0.1) is 0 Å². The third kappa shape index (κ3) is 1.99. The molecule has 0 unspecified atom stereocenters. The number of nitrogen functional groups attached to an aromatic ring is 1. The molecule has 7 heteroatoms. The Morgan fingerprint density at radius 2 is 2.47 bits per heavy atom. The van der Waals surface area contributed by atoms with E-state index < -0.39 is 18.0 Å². The number of aliphatic hydroxyl groups excluding tert-OH is 1. The molecule has 0 radical (unpaired) electrons. The quantitative estimate of drug-likeness (QED) is 0.557. The van der Waals surface area contributed by atoms with Gasteiger partial charge < -0.3 is 15.6 Å². The van der Waals surface area contributed by atoms with Gasteiger partial charge in [-0.1, -0.05) is 0 Å². The summed E-state index contributed by atoms with van der Waals surface area (Å²) >= 11 is 4.07. The van der Waals surface area contributed by atoms with Gasteiger partial charge in [-0.15, -0.1) is 12.6 Å². The first kappa shape index (κ1) is 10.5. The van der Waals surface area contributed by atoms with Gasteiger partial charge in [-0.3, -0.25) is 4.57 Å². The Labute approximate surface area is 91.1 Å². The Balaban J connectivity index is 2.34. The van der Waals surface area contributed by atoms with Gasteiger partial charge in [0.15, 0.2) is 6.23 Å². The predicted octanol–water partition coefficient (Wildman–Crippen LogP) is -0.639. The second kappa shape index (κ2) is 3.84. The highest BCUT2D eigenvalue weighted by Crippen LogP contribution is 2.29. The molecule has 6 nitrogen and oxygen atoms in total. The Morgan fingerprint density at radius 3 is 3.00 bits per heavy atom. The zero-order valence-electron chi connectivity index (χ0n) is 7.78. The van der Waals surface area contributed by atoms with Crippen molar-refractivity contribution in [2.75, 3.05) is 5.73 Å². The molecule has 0 aliphatic carbocycles. The van der Waals surface area contributed by atoms with Crippen molar-refractivity contribution in [1.29, 1.82) is 0 Å². The van der Waals surface area contributed by atoms with Gasteiger partial charge in [-0.05, 0) is 6.07 Å². The van der Waals surface area contributed by atoms with Crippen molar-refractivity contribution in [3.63, 3.8) is 0 Å². The van der Waals surface area contributed by atoms with Crippen LogP contribution in [0.5, 0.6) is 0 Å². The molecule has 2 heterocycles. The lowest BCUT2D eigenvalue weighted by Crippen LogP contribution is -2.31. The number of nitrogens with zero attached hydrogens (tertiary/aromatic N) is 2. The summed E-state index contributed by atoms with van der Waals surface area (Å²) in [5, 5.41) is 9.61. The highest BCUT2D eigenvalue weighted by atomic mass is 32.1. The summed E-state index contributed by atoms with van der Waals surface area (Å²) in [5.74, 6) is 0.145. The minimum absolute atomic E-state index is 0.145. The normalized spacial score (nSPS) is 30.7. The summed E-state index contributed by atoms with van der Waals surface area (Å²) in [5.41, 5.74) is 4.44. The average molecular weight is 229 g/mol. The molecule has 15 heavy (non-hydrogen) atoms. The smallest absolute Gasteiger partial charge is 0.351 e. The molecular weight excluding hydrogens is 218 g/mol.